The zero-order valence-corrected chi connectivity index (χ0v) is 11.7. The summed E-state index contributed by atoms with van der Waals surface area (Å²) >= 11 is 3.44. The third-order valence-corrected chi connectivity index (χ3v) is 3.02. The molecule has 18 heavy (non-hydrogen) atoms. The highest BCUT2D eigenvalue weighted by Gasteiger charge is 2.11. The molecule has 2 aromatic rings. The Morgan fingerprint density at radius 2 is 2.06 bits per heavy atom. The summed E-state index contributed by atoms with van der Waals surface area (Å²) in [6.45, 7) is 4.18. The van der Waals surface area contributed by atoms with Crippen LogP contribution in [0.1, 0.15) is 35.9 Å². The SMILES string of the molecule is CC(C)c1cc(Br)ccc1Oc1ccc(C=O)o1. The lowest BCUT2D eigenvalue weighted by molar-refractivity contribution is 0.109. The molecule has 0 N–H and O–H groups in total. The summed E-state index contributed by atoms with van der Waals surface area (Å²) in [5.74, 6) is 1.65. The van der Waals surface area contributed by atoms with Crippen molar-refractivity contribution in [3.05, 3.63) is 46.1 Å². The summed E-state index contributed by atoms with van der Waals surface area (Å²) in [6.07, 6.45) is 0.651. The quantitative estimate of drug-likeness (QED) is 0.764. The number of ether oxygens (including phenoxy) is 1. The first-order valence-corrected chi connectivity index (χ1v) is 6.41. The van der Waals surface area contributed by atoms with E-state index in [1.165, 1.54) is 0 Å². The molecule has 0 spiro atoms. The average molecular weight is 309 g/mol. The lowest BCUT2D eigenvalue weighted by Crippen LogP contribution is -1.93. The zero-order valence-electron chi connectivity index (χ0n) is 10.1. The topological polar surface area (TPSA) is 39.4 Å². The minimum atomic E-state index is 0.258. The van der Waals surface area contributed by atoms with Gasteiger partial charge in [-0.15, -0.1) is 0 Å². The van der Waals surface area contributed by atoms with Crippen LogP contribution in [-0.4, -0.2) is 6.29 Å². The molecule has 0 unspecified atom stereocenters. The van der Waals surface area contributed by atoms with E-state index in [1.807, 2.05) is 18.2 Å². The van der Waals surface area contributed by atoms with Crippen molar-refractivity contribution in [2.45, 2.75) is 19.8 Å². The maximum atomic E-state index is 10.5. The second-order valence-corrected chi connectivity index (χ2v) is 5.13. The molecule has 4 heteroatoms. The van der Waals surface area contributed by atoms with E-state index in [2.05, 4.69) is 29.8 Å². The number of aldehydes is 1. The van der Waals surface area contributed by atoms with E-state index >= 15 is 0 Å². The van der Waals surface area contributed by atoms with Crippen molar-refractivity contribution in [3.63, 3.8) is 0 Å². The maximum Gasteiger partial charge on any atom is 0.290 e. The number of benzene rings is 1. The van der Waals surface area contributed by atoms with Gasteiger partial charge < -0.3 is 9.15 Å². The Morgan fingerprint density at radius 3 is 2.67 bits per heavy atom. The van der Waals surface area contributed by atoms with Gasteiger partial charge in [-0.2, -0.15) is 0 Å². The van der Waals surface area contributed by atoms with Gasteiger partial charge in [-0.1, -0.05) is 29.8 Å². The van der Waals surface area contributed by atoms with Crippen molar-refractivity contribution in [2.75, 3.05) is 0 Å². The standard InChI is InChI=1S/C14H13BrO3/c1-9(2)12-7-10(15)3-5-13(12)18-14-6-4-11(8-16)17-14/h3-9H,1-2H3. The fraction of sp³-hybridized carbons (Fsp3) is 0.214. The summed E-state index contributed by atoms with van der Waals surface area (Å²) in [7, 11) is 0. The number of carbonyl (C=O) groups is 1. The third-order valence-electron chi connectivity index (χ3n) is 2.52. The predicted molar refractivity (Wildman–Crippen MR) is 72.4 cm³/mol. The average Bonchev–Trinajstić information content (AvgIpc) is 2.79. The number of furan rings is 1. The van der Waals surface area contributed by atoms with Gasteiger partial charge in [0.25, 0.3) is 5.95 Å². The first-order chi connectivity index (χ1) is 8.60. The van der Waals surface area contributed by atoms with Gasteiger partial charge in [-0.3, -0.25) is 4.79 Å². The molecule has 0 amide bonds. The summed E-state index contributed by atoms with van der Waals surface area (Å²) in [6, 6.07) is 9.02. The second-order valence-electron chi connectivity index (χ2n) is 4.21. The van der Waals surface area contributed by atoms with Crippen LogP contribution in [0, 0.1) is 0 Å². The molecule has 0 fully saturated rings. The Kier molecular flexibility index (Phi) is 3.87. The molecule has 0 aliphatic carbocycles. The second kappa shape index (κ2) is 5.40. The van der Waals surface area contributed by atoms with Crippen molar-refractivity contribution in [1.29, 1.82) is 0 Å². The van der Waals surface area contributed by atoms with Crippen LogP contribution >= 0.6 is 15.9 Å². The number of hydrogen-bond donors (Lipinski definition) is 0. The summed E-state index contributed by atoms with van der Waals surface area (Å²) in [5.41, 5.74) is 1.08. The minimum Gasteiger partial charge on any atom is -0.426 e. The molecule has 1 heterocycles. The van der Waals surface area contributed by atoms with Crippen LogP contribution in [0.3, 0.4) is 0 Å². The highest BCUT2D eigenvalue weighted by molar-refractivity contribution is 9.10. The molecular weight excluding hydrogens is 296 g/mol. The van der Waals surface area contributed by atoms with Crippen molar-refractivity contribution in [2.24, 2.45) is 0 Å². The van der Waals surface area contributed by atoms with Gasteiger partial charge >= 0.3 is 0 Å². The predicted octanol–water partition coefficient (Wildman–Crippen LogP) is 4.77. The molecule has 0 bridgehead atoms. The van der Waals surface area contributed by atoms with Crippen LogP contribution in [-0.2, 0) is 0 Å². The fourth-order valence-corrected chi connectivity index (χ4v) is 2.00. The number of carbonyl (C=O) groups excluding carboxylic acids is 1. The molecule has 0 aliphatic rings. The van der Waals surface area contributed by atoms with Gasteiger partial charge in [0.1, 0.15) is 5.75 Å². The Labute approximate surface area is 114 Å². The van der Waals surface area contributed by atoms with Gasteiger partial charge in [-0.05, 0) is 35.7 Å². The molecule has 2 rings (SSSR count). The highest BCUT2D eigenvalue weighted by Crippen LogP contribution is 2.33. The molecule has 1 aromatic carbocycles. The fourth-order valence-electron chi connectivity index (χ4n) is 1.62. The molecule has 3 nitrogen and oxygen atoms in total. The van der Waals surface area contributed by atoms with Gasteiger partial charge in [0.2, 0.25) is 0 Å². The van der Waals surface area contributed by atoms with E-state index in [0.717, 1.165) is 15.8 Å². The Balaban J connectivity index is 2.30. The smallest absolute Gasteiger partial charge is 0.290 e. The van der Waals surface area contributed by atoms with Crippen molar-refractivity contribution >= 4 is 22.2 Å². The van der Waals surface area contributed by atoms with Gasteiger partial charge in [-0.25, -0.2) is 0 Å². The van der Waals surface area contributed by atoms with Crippen molar-refractivity contribution in [3.8, 4) is 11.7 Å². The molecule has 94 valence electrons. The van der Waals surface area contributed by atoms with E-state index < -0.39 is 0 Å². The van der Waals surface area contributed by atoms with Crippen molar-refractivity contribution in [1.82, 2.24) is 0 Å². The van der Waals surface area contributed by atoms with Crippen LogP contribution in [0.2, 0.25) is 0 Å². The molecule has 0 radical (unpaired) electrons. The van der Waals surface area contributed by atoms with E-state index in [4.69, 9.17) is 9.15 Å². The van der Waals surface area contributed by atoms with Crippen LogP contribution in [0.5, 0.6) is 11.7 Å². The molecule has 1 aromatic heterocycles. The normalized spacial score (nSPS) is 10.7. The van der Waals surface area contributed by atoms with Crippen LogP contribution in [0.15, 0.2) is 39.2 Å². The van der Waals surface area contributed by atoms with E-state index in [1.54, 1.807) is 12.1 Å². The number of rotatable bonds is 4. The maximum absolute atomic E-state index is 10.5. The van der Waals surface area contributed by atoms with E-state index in [-0.39, 0.29) is 5.76 Å². The molecular formula is C14H13BrO3. The number of halogens is 1. The monoisotopic (exact) mass is 308 g/mol. The van der Waals surface area contributed by atoms with Crippen molar-refractivity contribution < 1.29 is 13.9 Å². The van der Waals surface area contributed by atoms with E-state index in [0.29, 0.717) is 18.2 Å². The van der Waals surface area contributed by atoms with E-state index in [9.17, 15) is 4.79 Å². The summed E-state index contributed by atoms with van der Waals surface area (Å²) in [4.78, 5) is 10.5. The lowest BCUT2D eigenvalue weighted by atomic mass is 10.0. The summed E-state index contributed by atoms with van der Waals surface area (Å²) < 4.78 is 11.9. The van der Waals surface area contributed by atoms with Gasteiger partial charge in [0.15, 0.2) is 12.0 Å². The van der Waals surface area contributed by atoms with Gasteiger partial charge in [0.05, 0.1) is 0 Å². The number of hydrogen-bond acceptors (Lipinski definition) is 3. The highest BCUT2D eigenvalue weighted by atomic mass is 79.9. The Morgan fingerprint density at radius 1 is 1.28 bits per heavy atom. The van der Waals surface area contributed by atoms with Crippen LogP contribution < -0.4 is 4.74 Å². The third kappa shape index (κ3) is 2.82. The molecule has 0 aliphatic heterocycles. The first-order valence-electron chi connectivity index (χ1n) is 5.62. The lowest BCUT2D eigenvalue weighted by Gasteiger charge is -2.12. The van der Waals surface area contributed by atoms with Crippen LogP contribution in [0.4, 0.5) is 0 Å². The van der Waals surface area contributed by atoms with Gasteiger partial charge in [0, 0.05) is 10.5 Å². The molecule has 0 saturated heterocycles. The largest absolute Gasteiger partial charge is 0.426 e. The van der Waals surface area contributed by atoms with Crippen LogP contribution in [0.25, 0.3) is 0 Å². The molecule has 0 atom stereocenters. The minimum absolute atomic E-state index is 0.258. The molecule has 0 saturated carbocycles. The summed E-state index contributed by atoms with van der Waals surface area (Å²) in [5, 5.41) is 0. The first kappa shape index (κ1) is 12.9. The Hall–Kier alpha value is -1.55. The zero-order chi connectivity index (χ0) is 13.1. The Bertz CT molecular complexity index is 558.